The van der Waals surface area contributed by atoms with E-state index in [1.807, 2.05) is 6.08 Å². The molecule has 0 aliphatic carbocycles. The molecule has 0 saturated carbocycles. The molecular weight excluding hydrogens is 434 g/mol. The van der Waals surface area contributed by atoms with Crippen LogP contribution in [0.3, 0.4) is 0 Å². The highest BCUT2D eigenvalue weighted by atomic mass is 16.3. The molecule has 0 aliphatic heterocycles. The fourth-order valence-corrected chi connectivity index (χ4v) is 4.31. The fourth-order valence-electron chi connectivity index (χ4n) is 4.31. The standard InChI is InChI=1S/C31H59NO3/c1-3-5-7-9-11-13-15-17-18-20-22-24-26-30(34)29(28-33)32-31(35)27-25-23-21-19-16-14-12-10-8-6-4-2/h17-18,24,26,29-30,33-34H,3-16,19-23,25,27-28H2,1-2H3,(H,32,35)/b18-17+,26-24+/t29-,30+/m0/s1. The molecule has 35 heavy (non-hydrogen) atoms. The van der Waals surface area contributed by atoms with Gasteiger partial charge in [0.05, 0.1) is 18.8 Å². The van der Waals surface area contributed by atoms with Crippen LogP contribution in [0.5, 0.6) is 0 Å². The summed E-state index contributed by atoms with van der Waals surface area (Å²) in [5.41, 5.74) is 0. The Bertz CT molecular complexity index is 503. The van der Waals surface area contributed by atoms with Gasteiger partial charge >= 0.3 is 0 Å². The maximum absolute atomic E-state index is 12.2. The predicted octanol–water partition coefficient (Wildman–Crippen LogP) is 8.17. The molecule has 206 valence electrons. The number of unbranched alkanes of at least 4 members (excludes halogenated alkanes) is 17. The second-order valence-electron chi connectivity index (χ2n) is 10.2. The lowest BCUT2D eigenvalue weighted by Crippen LogP contribution is -2.45. The van der Waals surface area contributed by atoms with Gasteiger partial charge in [-0.05, 0) is 32.1 Å². The molecule has 0 aromatic rings. The first kappa shape index (κ1) is 33.9. The lowest BCUT2D eigenvalue weighted by molar-refractivity contribution is -0.123. The Morgan fingerprint density at radius 1 is 0.657 bits per heavy atom. The minimum absolute atomic E-state index is 0.0787. The Morgan fingerprint density at radius 3 is 1.66 bits per heavy atom. The average Bonchev–Trinajstić information content (AvgIpc) is 2.86. The molecule has 1 amide bonds. The molecule has 0 aromatic carbocycles. The lowest BCUT2D eigenvalue weighted by atomic mass is 10.0. The van der Waals surface area contributed by atoms with Crippen LogP contribution in [0.2, 0.25) is 0 Å². The third-order valence-corrected chi connectivity index (χ3v) is 6.69. The molecule has 0 unspecified atom stereocenters. The fraction of sp³-hybridized carbons (Fsp3) is 0.839. The van der Waals surface area contributed by atoms with Gasteiger partial charge in [0.1, 0.15) is 0 Å². The highest BCUT2D eigenvalue weighted by Crippen LogP contribution is 2.12. The van der Waals surface area contributed by atoms with E-state index in [1.165, 1.54) is 96.3 Å². The van der Waals surface area contributed by atoms with Crippen LogP contribution in [0, 0.1) is 0 Å². The van der Waals surface area contributed by atoms with Crippen molar-refractivity contribution in [3.05, 3.63) is 24.3 Å². The monoisotopic (exact) mass is 493 g/mol. The van der Waals surface area contributed by atoms with E-state index in [4.69, 9.17) is 0 Å². The average molecular weight is 494 g/mol. The summed E-state index contributed by atoms with van der Waals surface area (Å²) in [6.45, 7) is 4.24. The van der Waals surface area contributed by atoms with E-state index < -0.39 is 12.1 Å². The van der Waals surface area contributed by atoms with Gasteiger partial charge in [0.2, 0.25) is 5.91 Å². The van der Waals surface area contributed by atoms with Crippen molar-refractivity contribution in [3.63, 3.8) is 0 Å². The van der Waals surface area contributed by atoms with Gasteiger partial charge in [-0.3, -0.25) is 4.79 Å². The highest BCUT2D eigenvalue weighted by molar-refractivity contribution is 5.76. The van der Waals surface area contributed by atoms with Gasteiger partial charge in [0.25, 0.3) is 0 Å². The summed E-state index contributed by atoms with van der Waals surface area (Å²) in [7, 11) is 0. The molecule has 0 spiro atoms. The van der Waals surface area contributed by atoms with Crippen molar-refractivity contribution in [3.8, 4) is 0 Å². The van der Waals surface area contributed by atoms with Crippen LogP contribution in [0.15, 0.2) is 24.3 Å². The van der Waals surface area contributed by atoms with Gasteiger partial charge in [-0.15, -0.1) is 0 Å². The van der Waals surface area contributed by atoms with Crippen LogP contribution >= 0.6 is 0 Å². The molecule has 0 fully saturated rings. The molecule has 0 rings (SSSR count). The molecule has 3 N–H and O–H groups in total. The quantitative estimate of drug-likeness (QED) is 0.0840. The second kappa shape index (κ2) is 27.5. The van der Waals surface area contributed by atoms with Crippen LogP contribution < -0.4 is 5.32 Å². The van der Waals surface area contributed by atoms with Crippen molar-refractivity contribution in [2.45, 2.75) is 161 Å². The number of aliphatic hydroxyl groups excluding tert-OH is 2. The summed E-state index contributed by atoms with van der Waals surface area (Å²) in [4.78, 5) is 12.2. The molecule has 0 bridgehead atoms. The van der Waals surface area contributed by atoms with Gasteiger partial charge in [-0.25, -0.2) is 0 Å². The molecule has 0 saturated heterocycles. The van der Waals surface area contributed by atoms with E-state index in [0.717, 1.165) is 32.1 Å². The number of hydrogen-bond donors (Lipinski definition) is 3. The number of carbonyl (C=O) groups excluding carboxylic acids is 1. The van der Waals surface area contributed by atoms with Crippen molar-refractivity contribution >= 4 is 5.91 Å². The van der Waals surface area contributed by atoms with Crippen molar-refractivity contribution < 1.29 is 15.0 Å². The summed E-state index contributed by atoms with van der Waals surface area (Å²) in [5, 5.41) is 22.7. The summed E-state index contributed by atoms with van der Waals surface area (Å²) >= 11 is 0. The molecule has 4 heteroatoms. The normalized spacial score (nSPS) is 13.6. The minimum atomic E-state index is -0.853. The van der Waals surface area contributed by atoms with Crippen LogP contribution in [0.25, 0.3) is 0 Å². The molecule has 2 atom stereocenters. The van der Waals surface area contributed by atoms with Gasteiger partial charge in [0.15, 0.2) is 0 Å². The van der Waals surface area contributed by atoms with Crippen LogP contribution in [0.4, 0.5) is 0 Å². The van der Waals surface area contributed by atoms with Gasteiger partial charge < -0.3 is 15.5 Å². The minimum Gasteiger partial charge on any atom is -0.394 e. The number of carbonyl (C=O) groups is 1. The van der Waals surface area contributed by atoms with Crippen LogP contribution in [0.1, 0.15) is 149 Å². The Labute approximate surface area is 218 Å². The Kier molecular flexibility index (Phi) is 26.6. The van der Waals surface area contributed by atoms with E-state index in [9.17, 15) is 15.0 Å². The lowest BCUT2D eigenvalue weighted by Gasteiger charge is -2.19. The topological polar surface area (TPSA) is 69.6 Å². The van der Waals surface area contributed by atoms with Crippen LogP contribution in [-0.2, 0) is 4.79 Å². The zero-order valence-corrected chi connectivity index (χ0v) is 23.3. The first-order valence-electron chi connectivity index (χ1n) is 15.1. The van der Waals surface area contributed by atoms with E-state index >= 15 is 0 Å². The van der Waals surface area contributed by atoms with Crippen molar-refractivity contribution in [2.75, 3.05) is 6.61 Å². The number of nitrogens with one attached hydrogen (secondary N) is 1. The van der Waals surface area contributed by atoms with E-state index in [-0.39, 0.29) is 12.5 Å². The van der Waals surface area contributed by atoms with E-state index in [1.54, 1.807) is 6.08 Å². The summed E-state index contributed by atoms with van der Waals surface area (Å²) in [5.74, 6) is -0.0787. The Morgan fingerprint density at radius 2 is 1.11 bits per heavy atom. The SMILES string of the molecule is CCCCCCCC/C=C/CC/C=C/[C@@H](O)[C@H](CO)NC(=O)CCCCCCCCCCCCC. The first-order chi connectivity index (χ1) is 17.2. The maximum atomic E-state index is 12.2. The summed E-state index contributed by atoms with van der Waals surface area (Å²) < 4.78 is 0. The summed E-state index contributed by atoms with van der Waals surface area (Å²) in [6.07, 6.45) is 32.4. The van der Waals surface area contributed by atoms with E-state index in [2.05, 4.69) is 31.3 Å². The number of amides is 1. The molecule has 4 nitrogen and oxygen atoms in total. The third-order valence-electron chi connectivity index (χ3n) is 6.69. The predicted molar refractivity (Wildman–Crippen MR) is 152 cm³/mol. The van der Waals surface area contributed by atoms with Gasteiger partial charge in [0, 0.05) is 6.42 Å². The smallest absolute Gasteiger partial charge is 0.220 e. The van der Waals surface area contributed by atoms with E-state index in [0.29, 0.717) is 6.42 Å². The van der Waals surface area contributed by atoms with Crippen molar-refractivity contribution in [1.29, 1.82) is 0 Å². The first-order valence-corrected chi connectivity index (χ1v) is 15.1. The Balaban J connectivity index is 3.75. The van der Waals surface area contributed by atoms with Crippen LogP contribution in [-0.4, -0.2) is 34.9 Å². The second-order valence-corrected chi connectivity index (χ2v) is 10.2. The van der Waals surface area contributed by atoms with Crippen molar-refractivity contribution in [2.24, 2.45) is 0 Å². The molecule has 0 aromatic heterocycles. The Hall–Kier alpha value is -1.13. The zero-order chi connectivity index (χ0) is 25.8. The maximum Gasteiger partial charge on any atom is 0.220 e. The number of aliphatic hydroxyl groups is 2. The number of rotatable bonds is 26. The largest absolute Gasteiger partial charge is 0.394 e. The summed E-state index contributed by atoms with van der Waals surface area (Å²) in [6, 6.07) is -0.630. The molecule has 0 radical (unpaired) electrons. The highest BCUT2D eigenvalue weighted by Gasteiger charge is 2.17. The third kappa shape index (κ3) is 24.3. The molecule has 0 heterocycles. The van der Waals surface area contributed by atoms with Gasteiger partial charge in [-0.2, -0.15) is 0 Å². The zero-order valence-electron chi connectivity index (χ0n) is 23.3. The number of allylic oxidation sites excluding steroid dienone is 3. The molecule has 0 aliphatic rings. The van der Waals surface area contributed by atoms with Crippen molar-refractivity contribution in [1.82, 2.24) is 5.32 Å². The molecular formula is C31H59NO3. The number of hydrogen-bond acceptors (Lipinski definition) is 3. The van der Waals surface area contributed by atoms with Gasteiger partial charge in [-0.1, -0.05) is 134 Å².